The van der Waals surface area contributed by atoms with Gasteiger partial charge in [-0.3, -0.25) is 4.79 Å². The largest absolute Gasteiger partial charge is 0.508 e. The molecule has 2 aliphatic heterocycles. The summed E-state index contributed by atoms with van der Waals surface area (Å²) < 4.78 is 28.1. The minimum Gasteiger partial charge on any atom is -0.508 e. The van der Waals surface area contributed by atoms with Gasteiger partial charge in [-0.15, -0.1) is 0 Å². The third-order valence-electron chi connectivity index (χ3n) is 7.30. The first-order valence-corrected chi connectivity index (χ1v) is 13.0. The fourth-order valence-corrected chi connectivity index (χ4v) is 4.97. The fraction of sp³-hybridized carbons (Fsp3) is 0.444. The lowest BCUT2D eigenvalue weighted by Crippen LogP contribution is -2.71. The van der Waals surface area contributed by atoms with Crippen molar-refractivity contribution in [1.82, 2.24) is 0 Å². The molecule has 2 fully saturated rings. The van der Waals surface area contributed by atoms with Crippen LogP contribution in [-0.4, -0.2) is 119 Å². The highest BCUT2D eigenvalue weighted by molar-refractivity contribution is 5.88. The molecule has 16 heteroatoms. The van der Waals surface area contributed by atoms with Crippen LogP contribution in [0.2, 0.25) is 0 Å². The Morgan fingerprint density at radius 1 is 0.884 bits per heavy atom. The van der Waals surface area contributed by atoms with Crippen molar-refractivity contribution in [3.63, 3.8) is 0 Å². The molecule has 2 aromatic carbocycles. The minimum absolute atomic E-state index is 0.0750. The molecule has 0 aliphatic carbocycles. The van der Waals surface area contributed by atoms with Crippen LogP contribution in [0.4, 0.5) is 0 Å². The highest BCUT2D eigenvalue weighted by atomic mass is 16.9. The lowest BCUT2D eigenvalue weighted by atomic mass is 9.96. The lowest BCUT2D eigenvalue weighted by molar-refractivity contribution is -0.463. The van der Waals surface area contributed by atoms with E-state index in [0.717, 1.165) is 12.1 Å². The van der Waals surface area contributed by atoms with Crippen molar-refractivity contribution in [2.45, 2.75) is 68.0 Å². The second kappa shape index (κ2) is 11.5. The average Bonchev–Trinajstić information content (AvgIpc) is 2.96. The van der Waals surface area contributed by atoms with Gasteiger partial charge in [0, 0.05) is 17.7 Å². The van der Waals surface area contributed by atoms with E-state index in [1.807, 2.05) is 0 Å². The van der Waals surface area contributed by atoms with Gasteiger partial charge >= 0.3 is 5.97 Å². The first-order chi connectivity index (χ1) is 20.3. The van der Waals surface area contributed by atoms with E-state index in [1.165, 1.54) is 31.2 Å². The quantitative estimate of drug-likeness (QED) is 0.134. The maximum Gasteiger partial charge on any atom is 0.358 e. The molecule has 234 valence electrons. The number of hydrogen-bond donors (Lipinski definition) is 10. The van der Waals surface area contributed by atoms with E-state index in [9.17, 15) is 55.9 Å². The number of aliphatic hydroxyl groups is 7. The van der Waals surface area contributed by atoms with E-state index in [4.69, 9.17) is 23.4 Å². The van der Waals surface area contributed by atoms with Gasteiger partial charge in [-0.2, -0.15) is 0 Å². The van der Waals surface area contributed by atoms with Crippen LogP contribution in [0.1, 0.15) is 6.92 Å². The molecule has 0 bridgehead atoms. The van der Waals surface area contributed by atoms with Gasteiger partial charge in [0.25, 0.3) is 0 Å². The molecule has 2 saturated heterocycles. The number of fused-ring (bicyclic) bond motifs is 1. The molecule has 10 atom stereocenters. The highest BCUT2D eigenvalue weighted by Crippen LogP contribution is 2.41. The molecule has 5 rings (SSSR count). The predicted molar refractivity (Wildman–Crippen MR) is 140 cm³/mol. The summed E-state index contributed by atoms with van der Waals surface area (Å²) >= 11 is 0. The summed E-state index contributed by atoms with van der Waals surface area (Å²) in [7, 11) is 0. The van der Waals surface area contributed by atoms with Gasteiger partial charge in [-0.05, 0) is 31.2 Å². The Kier molecular flexibility index (Phi) is 8.27. The van der Waals surface area contributed by atoms with Crippen molar-refractivity contribution >= 4 is 11.0 Å². The number of aliphatic hydroxyl groups excluding tert-OH is 7. The second-order valence-electron chi connectivity index (χ2n) is 10.2. The van der Waals surface area contributed by atoms with Gasteiger partial charge in [-0.1, -0.05) is 0 Å². The van der Waals surface area contributed by atoms with Crippen LogP contribution in [0.15, 0.2) is 45.6 Å². The van der Waals surface area contributed by atoms with Crippen molar-refractivity contribution in [2.24, 2.45) is 0 Å². The molecule has 0 saturated carbocycles. The molecule has 43 heavy (non-hydrogen) atoms. The van der Waals surface area contributed by atoms with Gasteiger partial charge in [0.15, 0.2) is 18.2 Å². The normalized spacial score (nSPS) is 34.7. The lowest BCUT2D eigenvalue weighted by Gasteiger charge is -2.49. The molecule has 1 aromatic heterocycles. The maximum absolute atomic E-state index is 13.9. The summed E-state index contributed by atoms with van der Waals surface area (Å²) in [5.41, 5.74) is -1.35. The Morgan fingerprint density at radius 3 is 2.21 bits per heavy atom. The first kappa shape index (κ1) is 30.9. The van der Waals surface area contributed by atoms with Crippen LogP contribution in [0.5, 0.6) is 23.0 Å². The molecule has 0 amide bonds. The van der Waals surface area contributed by atoms with Gasteiger partial charge in [0.05, 0.1) is 12.7 Å². The maximum atomic E-state index is 13.9. The van der Waals surface area contributed by atoms with E-state index in [2.05, 4.69) is 0 Å². The van der Waals surface area contributed by atoms with Crippen LogP contribution in [0, 0.1) is 0 Å². The van der Waals surface area contributed by atoms with Gasteiger partial charge in [-0.25, -0.2) is 0 Å². The SMILES string of the molecule is C[C@H]1OC(Oc2c(-c3ccc(O)cc3)oc3cc(O)cc(O)c3c2=O)(O[C@H]2C(O)[C@H](O)C(CO)O[C@@H]2O)[C@@H](O)[C@@H](O)[C@@H]1O. The average molecular weight is 611 g/mol. The van der Waals surface area contributed by atoms with Gasteiger partial charge in [0.1, 0.15) is 64.8 Å². The smallest absolute Gasteiger partial charge is 0.358 e. The van der Waals surface area contributed by atoms with Crippen LogP contribution in [-0.2, 0) is 14.2 Å². The highest BCUT2D eigenvalue weighted by Gasteiger charge is 2.60. The number of hydrogen-bond acceptors (Lipinski definition) is 16. The van der Waals surface area contributed by atoms with Crippen molar-refractivity contribution < 1.29 is 74.4 Å². The van der Waals surface area contributed by atoms with E-state index in [1.54, 1.807) is 0 Å². The summed E-state index contributed by atoms with van der Waals surface area (Å²) in [5.74, 6) is -5.67. The monoisotopic (exact) mass is 610 g/mol. The number of phenols is 3. The number of benzene rings is 2. The molecule has 10 N–H and O–H groups in total. The molecule has 0 radical (unpaired) electrons. The van der Waals surface area contributed by atoms with E-state index < -0.39 is 102 Å². The van der Waals surface area contributed by atoms with Crippen LogP contribution < -0.4 is 10.2 Å². The third-order valence-corrected chi connectivity index (χ3v) is 7.30. The molecule has 3 unspecified atom stereocenters. The summed E-state index contributed by atoms with van der Waals surface area (Å²) in [4.78, 5) is 13.9. The third kappa shape index (κ3) is 5.38. The predicted octanol–water partition coefficient (Wildman–Crippen LogP) is -2.07. The zero-order valence-corrected chi connectivity index (χ0v) is 22.3. The Balaban J connectivity index is 1.71. The number of ether oxygens (including phenoxy) is 4. The number of phenolic OH excluding ortho intramolecular Hbond substituents is 3. The molecule has 3 aromatic rings. The molecular formula is C27H30O16. The number of aromatic hydroxyl groups is 3. The Labute approximate surface area is 241 Å². The molecule has 2 aliphatic rings. The fourth-order valence-electron chi connectivity index (χ4n) is 4.97. The van der Waals surface area contributed by atoms with E-state index in [-0.39, 0.29) is 16.9 Å². The Hall–Kier alpha value is -3.55. The Bertz CT molecular complexity index is 1520. The van der Waals surface area contributed by atoms with Crippen LogP contribution in [0.3, 0.4) is 0 Å². The zero-order chi connectivity index (χ0) is 31.4. The summed E-state index contributed by atoms with van der Waals surface area (Å²) in [6, 6.07) is 6.93. The van der Waals surface area contributed by atoms with E-state index >= 15 is 0 Å². The molecule has 0 spiro atoms. The van der Waals surface area contributed by atoms with Crippen molar-refractivity contribution in [2.75, 3.05) is 6.61 Å². The Morgan fingerprint density at radius 2 is 1.56 bits per heavy atom. The van der Waals surface area contributed by atoms with Crippen LogP contribution >= 0.6 is 0 Å². The summed E-state index contributed by atoms with van der Waals surface area (Å²) in [6.07, 6.45) is -17.0. The standard InChI is InChI=1S/C27H30O16/c1-9-17(32)21(36)25(37)27(41-9,43-24-20(35)18(33)15(8-28)40-26(24)38)42-23-19(34)16-13(31)6-12(30)7-14(16)39-22(23)10-2-4-11(29)5-3-10/h2-7,9,15,17-18,20-21,24-26,28-33,35-38H,8H2,1H3/t9-,15?,17-,18-,20?,21+,24+,25+,26+,27?/m1/s1. The molecular weight excluding hydrogens is 580 g/mol. The van der Waals surface area contributed by atoms with Crippen molar-refractivity contribution in [3.8, 4) is 34.3 Å². The first-order valence-electron chi connectivity index (χ1n) is 13.0. The summed E-state index contributed by atoms with van der Waals surface area (Å²) in [6.45, 7) is 0.429. The van der Waals surface area contributed by atoms with Crippen molar-refractivity contribution in [1.29, 1.82) is 0 Å². The van der Waals surface area contributed by atoms with Crippen molar-refractivity contribution in [3.05, 3.63) is 46.6 Å². The summed E-state index contributed by atoms with van der Waals surface area (Å²) in [5, 5.41) is 103. The van der Waals surface area contributed by atoms with Crippen LogP contribution in [0.25, 0.3) is 22.3 Å². The van der Waals surface area contributed by atoms with Gasteiger partial charge < -0.3 is 74.4 Å². The topological polar surface area (TPSA) is 269 Å². The molecule has 3 heterocycles. The zero-order valence-electron chi connectivity index (χ0n) is 22.3. The minimum atomic E-state index is -3.06. The number of rotatable bonds is 6. The van der Waals surface area contributed by atoms with E-state index in [0.29, 0.717) is 0 Å². The molecule has 16 nitrogen and oxygen atoms in total. The van der Waals surface area contributed by atoms with Gasteiger partial charge in [0.2, 0.25) is 11.2 Å². The second-order valence-corrected chi connectivity index (χ2v) is 10.2.